The molecule has 1 nitrogen and oxygen atoms in total. The summed E-state index contributed by atoms with van der Waals surface area (Å²) in [6, 6.07) is 22.4. The highest BCUT2D eigenvalue weighted by Gasteiger charge is 2.21. The van der Waals surface area contributed by atoms with Crippen LogP contribution in [-0.4, -0.2) is 6.04 Å². The average molecular weight is 265 g/mol. The number of rotatable bonds is 4. The van der Waals surface area contributed by atoms with Crippen LogP contribution in [0.5, 0.6) is 0 Å². The van der Waals surface area contributed by atoms with E-state index >= 15 is 0 Å². The first-order chi connectivity index (χ1) is 9.92. The highest BCUT2D eigenvalue weighted by atomic mass is 14.9. The van der Waals surface area contributed by atoms with Gasteiger partial charge in [-0.15, -0.1) is 0 Å². The molecule has 1 aliphatic carbocycles. The fourth-order valence-corrected chi connectivity index (χ4v) is 3.21. The molecule has 0 spiro atoms. The molecule has 20 heavy (non-hydrogen) atoms. The van der Waals surface area contributed by atoms with Crippen molar-refractivity contribution in [2.45, 2.75) is 44.2 Å². The molecule has 2 aromatic rings. The van der Waals surface area contributed by atoms with E-state index in [9.17, 15) is 0 Å². The monoisotopic (exact) mass is 265 g/mol. The van der Waals surface area contributed by atoms with Gasteiger partial charge in [-0.1, -0.05) is 60.7 Å². The third kappa shape index (κ3) is 3.49. The molecule has 3 rings (SSSR count). The summed E-state index contributed by atoms with van der Waals surface area (Å²) in [4.78, 5) is 0. The second-order valence-electron chi connectivity index (χ2n) is 5.83. The Bertz CT molecular complexity index is 498. The number of benzene rings is 2. The smallest absolute Gasteiger partial charge is 0.0208 e. The van der Waals surface area contributed by atoms with Crippen molar-refractivity contribution in [3.05, 3.63) is 71.8 Å². The zero-order chi connectivity index (χ0) is 13.6. The number of hydrogen-bond acceptors (Lipinski definition) is 1. The quantitative estimate of drug-likeness (QED) is 0.858. The van der Waals surface area contributed by atoms with Crippen LogP contribution in [0.1, 0.15) is 42.7 Å². The highest BCUT2D eigenvalue weighted by molar-refractivity contribution is 5.20. The van der Waals surface area contributed by atoms with Crippen LogP contribution in [-0.2, 0) is 6.54 Å². The Balaban J connectivity index is 1.47. The van der Waals surface area contributed by atoms with Gasteiger partial charge >= 0.3 is 0 Å². The number of hydrogen-bond donors (Lipinski definition) is 1. The van der Waals surface area contributed by atoms with Gasteiger partial charge in [-0.25, -0.2) is 0 Å². The van der Waals surface area contributed by atoms with Crippen molar-refractivity contribution in [1.29, 1.82) is 0 Å². The minimum absolute atomic E-state index is 0.690. The van der Waals surface area contributed by atoms with E-state index in [1.54, 1.807) is 0 Å². The van der Waals surface area contributed by atoms with Gasteiger partial charge in [-0.05, 0) is 42.7 Å². The summed E-state index contributed by atoms with van der Waals surface area (Å²) in [5.41, 5.74) is 2.91. The molecule has 1 saturated carbocycles. The van der Waals surface area contributed by atoms with E-state index in [1.807, 2.05) is 0 Å². The van der Waals surface area contributed by atoms with E-state index in [0.717, 1.165) is 12.5 Å². The van der Waals surface area contributed by atoms with Crippen LogP contribution in [0.15, 0.2) is 60.7 Å². The van der Waals surface area contributed by atoms with Crippen LogP contribution in [0.4, 0.5) is 0 Å². The molecule has 2 aromatic carbocycles. The molecule has 0 unspecified atom stereocenters. The molecule has 0 aliphatic heterocycles. The van der Waals surface area contributed by atoms with Gasteiger partial charge in [0.1, 0.15) is 0 Å². The van der Waals surface area contributed by atoms with Gasteiger partial charge in [0, 0.05) is 12.6 Å². The van der Waals surface area contributed by atoms with E-state index in [1.165, 1.54) is 36.8 Å². The molecule has 1 heteroatoms. The van der Waals surface area contributed by atoms with E-state index in [2.05, 4.69) is 66.0 Å². The molecule has 0 atom stereocenters. The maximum Gasteiger partial charge on any atom is 0.0208 e. The van der Waals surface area contributed by atoms with Crippen molar-refractivity contribution in [3.8, 4) is 0 Å². The Morgan fingerprint density at radius 3 is 2.00 bits per heavy atom. The number of nitrogens with one attached hydrogen (secondary N) is 1. The van der Waals surface area contributed by atoms with E-state index in [4.69, 9.17) is 0 Å². The van der Waals surface area contributed by atoms with Crippen LogP contribution < -0.4 is 5.32 Å². The maximum absolute atomic E-state index is 3.71. The van der Waals surface area contributed by atoms with E-state index in [-0.39, 0.29) is 0 Å². The molecule has 1 N–H and O–H groups in total. The van der Waals surface area contributed by atoms with E-state index < -0.39 is 0 Å². The first kappa shape index (κ1) is 13.4. The first-order valence-corrected chi connectivity index (χ1v) is 7.74. The van der Waals surface area contributed by atoms with Gasteiger partial charge in [0.05, 0.1) is 0 Å². The third-order valence-electron chi connectivity index (χ3n) is 4.44. The fourth-order valence-electron chi connectivity index (χ4n) is 3.21. The van der Waals surface area contributed by atoms with Crippen molar-refractivity contribution in [2.75, 3.05) is 0 Å². The van der Waals surface area contributed by atoms with Gasteiger partial charge in [0.25, 0.3) is 0 Å². The third-order valence-corrected chi connectivity index (χ3v) is 4.44. The molecule has 104 valence electrons. The molecule has 0 radical (unpaired) electrons. The molecular formula is C19H23N. The zero-order valence-electron chi connectivity index (χ0n) is 12.0. The summed E-state index contributed by atoms with van der Waals surface area (Å²) in [5, 5.41) is 3.71. The molecule has 1 aliphatic rings. The fraction of sp³-hybridized carbons (Fsp3) is 0.368. The highest BCUT2D eigenvalue weighted by Crippen LogP contribution is 2.32. The Kier molecular flexibility index (Phi) is 4.49. The summed E-state index contributed by atoms with van der Waals surface area (Å²) >= 11 is 0. The first-order valence-electron chi connectivity index (χ1n) is 7.74. The predicted molar refractivity (Wildman–Crippen MR) is 84.7 cm³/mol. The predicted octanol–water partition coefficient (Wildman–Crippen LogP) is 4.50. The maximum atomic E-state index is 3.71. The summed E-state index contributed by atoms with van der Waals surface area (Å²) in [5.74, 6) is 0.769. The molecule has 1 fully saturated rings. The minimum atomic E-state index is 0.690. The topological polar surface area (TPSA) is 12.0 Å². The van der Waals surface area contributed by atoms with Gasteiger partial charge in [-0.3, -0.25) is 0 Å². The van der Waals surface area contributed by atoms with Crippen molar-refractivity contribution < 1.29 is 0 Å². The standard InChI is InChI=1S/C19H23N/c1-3-7-16(8-4-1)15-20-19-13-11-18(12-14-19)17-9-5-2-6-10-17/h1-10,18-20H,11-15H2/t18-,19-. The average Bonchev–Trinajstić information content (AvgIpc) is 2.55. The molecule has 0 saturated heterocycles. The van der Waals surface area contributed by atoms with Crippen molar-refractivity contribution in [2.24, 2.45) is 0 Å². The van der Waals surface area contributed by atoms with Gasteiger partial charge in [0.2, 0.25) is 0 Å². The van der Waals surface area contributed by atoms with Crippen LogP contribution in [0.2, 0.25) is 0 Å². The van der Waals surface area contributed by atoms with Crippen molar-refractivity contribution in [1.82, 2.24) is 5.32 Å². The zero-order valence-corrected chi connectivity index (χ0v) is 12.0. The van der Waals surface area contributed by atoms with Gasteiger partial charge < -0.3 is 5.32 Å². The molecule has 0 aromatic heterocycles. The van der Waals surface area contributed by atoms with Gasteiger partial charge in [-0.2, -0.15) is 0 Å². The second kappa shape index (κ2) is 6.71. The minimum Gasteiger partial charge on any atom is -0.310 e. The lowest BCUT2D eigenvalue weighted by molar-refractivity contribution is 0.341. The summed E-state index contributed by atoms with van der Waals surface area (Å²) in [6.45, 7) is 1.00. The van der Waals surface area contributed by atoms with Crippen molar-refractivity contribution in [3.63, 3.8) is 0 Å². The lowest BCUT2D eigenvalue weighted by atomic mass is 9.82. The lowest BCUT2D eigenvalue weighted by Crippen LogP contribution is -2.32. The Hall–Kier alpha value is -1.60. The second-order valence-corrected chi connectivity index (χ2v) is 5.83. The molecule has 0 heterocycles. The molecular weight excluding hydrogens is 242 g/mol. The summed E-state index contributed by atoms with van der Waals surface area (Å²) in [6.07, 6.45) is 5.23. The Morgan fingerprint density at radius 1 is 0.750 bits per heavy atom. The van der Waals surface area contributed by atoms with Crippen LogP contribution in [0.25, 0.3) is 0 Å². The SMILES string of the molecule is c1ccc(CN[C@H]2CC[C@H](c3ccccc3)CC2)cc1. The lowest BCUT2D eigenvalue weighted by Gasteiger charge is -2.29. The van der Waals surface area contributed by atoms with E-state index in [0.29, 0.717) is 6.04 Å². The normalized spacial score (nSPS) is 22.6. The molecule has 0 bridgehead atoms. The van der Waals surface area contributed by atoms with Crippen LogP contribution in [0.3, 0.4) is 0 Å². The molecule has 0 amide bonds. The van der Waals surface area contributed by atoms with Crippen molar-refractivity contribution >= 4 is 0 Å². The summed E-state index contributed by atoms with van der Waals surface area (Å²) < 4.78 is 0. The largest absolute Gasteiger partial charge is 0.310 e. The van der Waals surface area contributed by atoms with Crippen LogP contribution >= 0.6 is 0 Å². The van der Waals surface area contributed by atoms with Crippen LogP contribution in [0, 0.1) is 0 Å². The van der Waals surface area contributed by atoms with Gasteiger partial charge in [0.15, 0.2) is 0 Å². The Morgan fingerprint density at radius 2 is 1.35 bits per heavy atom. The summed E-state index contributed by atoms with van der Waals surface area (Å²) in [7, 11) is 0. The Labute approximate surface area is 122 Å².